The molecule has 0 saturated carbocycles. The summed E-state index contributed by atoms with van der Waals surface area (Å²) in [6, 6.07) is 15.4. The zero-order valence-electron chi connectivity index (χ0n) is 17.4. The average molecular weight is 455 g/mol. The van der Waals surface area contributed by atoms with Gasteiger partial charge in [-0.3, -0.25) is 9.59 Å². The van der Waals surface area contributed by atoms with Gasteiger partial charge in [0.25, 0.3) is 5.91 Å². The van der Waals surface area contributed by atoms with E-state index in [1.165, 1.54) is 38.3 Å². The van der Waals surface area contributed by atoms with Crippen LogP contribution in [0.15, 0.2) is 76.2 Å². The first-order valence-corrected chi connectivity index (χ1v) is 11.3. The first-order valence-electron chi connectivity index (χ1n) is 9.64. The van der Waals surface area contributed by atoms with Gasteiger partial charge in [0.2, 0.25) is 5.76 Å². The SMILES string of the molecule is CC(=O)c1ccc(NC(=O)C(C)OC(=O)c2occc2CS(=O)(=O)c2ccccc2)cc1. The van der Waals surface area contributed by atoms with Gasteiger partial charge in [-0.2, -0.15) is 0 Å². The molecular weight excluding hydrogens is 434 g/mol. The molecule has 166 valence electrons. The van der Waals surface area contributed by atoms with Crippen LogP contribution in [-0.4, -0.2) is 32.2 Å². The maximum Gasteiger partial charge on any atom is 0.375 e. The third kappa shape index (κ3) is 5.50. The minimum absolute atomic E-state index is 0.103. The monoisotopic (exact) mass is 455 g/mol. The quantitative estimate of drug-likeness (QED) is 0.407. The normalized spacial score (nSPS) is 12.1. The van der Waals surface area contributed by atoms with Crippen LogP contribution in [-0.2, 0) is 25.1 Å². The third-order valence-corrected chi connectivity index (χ3v) is 6.27. The molecule has 0 aliphatic rings. The second-order valence-electron chi connectivity index (χ2n) is 7.02. The molecule has 0 bridgehead atoms. The average Bonchev–Trinajstić information content (AvgIpc) is 3.22. The lowest BCUT2D eigenvalue weighted by Gasteiger charge is -2.13. The van der Waals surface area contributed by atoms with E-state index in [0.717, 1.165) is 0 Å². The fraction of sp³-hybridized carbons (Fsp3) is 0.174. The van der Waals surface area contributed by atoms with Gasteiger partial charge in [0, 0.05) is 16.8 Å². The minimum atomic E-state index is -3.71. The zero-order valence-corrected chi connectivity index (χ0v) is 18.2. The van der Waals surface area contributed by atoms with E-state index in [-0.39, 0.29) is 22.0 Å². The number of Topliss-reactive ketones (excluding diaryl/α,β-unsaturated/α-hetero) is 1. The molecule has 0 saturated heterocycles. The number of sulfone groups is 1. The van der Waals surface area contributed by atoms with Crippen molar-refractivity contribution < 1.29 is 32.0 Å². The van der Waals surface area contributed by atoms with Gasteiger partial charge < -0.3 is 14.5 Å². The minimum Gasteiger partial charge on any atom is -0.457 e. The summed E-state index contributed by atoms with van der Waals surface area (Å²) in [5.74, 6) is -2.40. The molecule has 8 nitrogen and oxygen atoms in total. The van der Waals surface area contributed by atoms with Gasteiger partial charge in [-0.1, -0.05) is 18.2 Å². The van der Waals surface area contributed by atoms with Gasteiger partial charge in [-0.15, -0.1) is 0 Å². The number of amides is 1. The predicted molar refractivity (Wildman–Crippen MR) is 116 cm³/mol. The molecule has 1 aromatic heterocycles. The lowest BCUT2D eigenvalue weighted by Crippen LogP contribution is -2.30. The van der Waals surface area contributed by atoms with Gasteiger partial charge in [0.05, 0.1) is 16.9 Å². The number of rotatable bonds is 8. The van der Waals surface area contributed by atoms with E-state index in [9.17, 15) is 22.8 Å². The Labute approximate surface area is 185 Å². The molecule has 1 N–H and O–H groups in total. The van der Waals surface area contributed by atoms with Crippen LogP contribution in [0.25, 0.3) is 0 Å². The fourth-order valence-corrected chi connectivity index (χ4v) is 4.22. The van der Waals surface area contributed by atoms with Crippen LogP contribution in [0.1, 0.15) is 40.3 Å². The summed E-state index contributed by atoms with van der Waals surface area (Å²) in [5, 5.41) is 2.58. The largest absolute Gasteiger partial charge is 0.457 e. The lowest BCUT2D eigenvalue weighted by atomic mass is 10.1. The molecule has 32 heavy (non-hydrogen) atoms. The topological polar surface area (TPSA) is 120 Å². The van der Waals surface area contributed by atoms with Crippen molar-refractivity contribution >= 4 is 33.2 Å². The van der Waals surface area contributed by atoms with Crippen molar-refractivity contribution in [3.63, 3.8) is 0 Å². The molecule has 1 unspecified atom stereocenters. The number of furan rings is 1. The first kappa shape index (κ1) is 23.0. The molecule has 0 radical (unpaired) electrons. The number of hydrogen-bond acceptors (Lipinski definition) is 7. The Hall–Kier alpha value is -3.72. The van der Waals surface area contributed by atoms with E-state index < -0.39 is 33.6 Å². The Kier molecular flexibility index (Phi) is 6.89. The van der Waals surface area contributed by atoms with Crippen LogP contribution in [0.4, 0.5) is 5.69 Å². The Morgan fingerprint density at radius 3 is 2.28 bits per heavy atom. The van der Waals surface area contributed by atoms with Crippen LogP contribution >= 0.6 is 0 Å². The number of hydrogen-bond donors (Lipinski definition) is 1. The number of esters is 1. The van der Waals surface area contributed by atoms with Gasteiger partial charge in [0.15, 0.2) is 21.7 Å². The van der Waals surface area contributed by atoms with Crippen LogP contribution in [0.3, 0.4) is 0 Å². The molecule has 1 atom stereocenters. The number of anilines is 1. The number of carbonyl (C=O) groups is 3. The summed E-state index contributed by atoms with van der Waals surface area (Å²) in [5.41, 5.74) is 1.06. The summed E-state index contributed by atoms with van der Waals surface area (Å²) < 4.78 is 35.5. The molecule has 0 fully saturated rings. The molecule has 1 amide bonds. The van der Waals surface area contributed by atoms with Crippen molar-refractivity contribution in [3.8, 4) is 0 Å². The molecule has 0 aliphatic heterocycles. The Bertz CT molecular complexity index is 1230. The van der Waals surface area contributed by atoms with E-state index in [4.69, 9.17) is 9.15 Å². The molecular formula is C23H21NO7S. The highest BCUT2D eigenvalue weighted by Crippen LogP contribution is 2.21. The maximum atomic E-state index is 12.6. The summed E-state index contributed by atoms with van der Waals surface area (Å²) in [6.45, 7) is 2.81. The van der Waals surface area contributed by atoms with Gasteiger partial charge in [0.1, 0.15) is 0 Å². The molecule has 0 aliphatic carbocycles. The standard InChI is InChI=1S/C23H21NO7S/c1-15(25)17-8-10-19(11-9-17)24-22(26)16(2)31-23(27)21-18(12-13-30-21)14-32(28,29)20-6-4-3-5-7-20/h3-13,16H,14H2,1-2H3,(H,24,26). The Morgan fingerprint density at radius 2 is 1.66 bits per heavy atom. The summed E-state index contributed by atoms with van der Waals surface area (Å²) >= 11 is 0. The van der Waals surface area contributed by atoms with Gasteiger partial charge in [-0.05, 0) is 56.3 Å². The van der Waals surface area contributed by atoms with Crippen molar-refractivity contribution in [2.24, 2.45) is 0 Å². The third-order valence-electron chi connectivity index (χ3n) is 4.59. The fourth-order valence-electron chi connectivity index (χ4n) is 2.84. The molecule has 3 rings (SSSR count). The molecule has 1 heterocycles. The second-order valence-corrected chi connectivity index (χ2v) is 9.01. The first-order chi connectivity index (χ1) is 15.2. The van der Waals surface area contributed by atoms with Gasteiger partial charge in [-0.25, -0.2) is 13.2 Å². The van der Waals surface area contributed by atoms with E-state index in [2.05, 4.69) is 5.32 Å². The summed E-state index contributed by atoms with van der Waals surface area (Å²) in [4.78, 5) is 36.3. The predicted octanol–water partition coefficient (Wildman–Crippen LogP) is 3.64. The molecule has 0 spiro atoms. The summed E-state index contributed by atoms with van der Waals surface area (Å²) in [7, 11) is -3.71. The maximum absolute atomic E-state index is 12.6. The number of benzene rings is 2. The number of carbonyl (C=O) groups excluding carboxylic acids is 3. The van der Waals surface area contributed by atoms with Crippen LogP contribution < -0.4 is 5.32 Å². The van der Waals surface area contributed by atoms with E-state index in [1.807, 2.05) is 0 Å². The second kappa shape index (κ2) is 9.61. The Balaban J connectivity index is 1.65. The highest BCUT2D eigenvalue weighted by Gasteiger charge is 2.26. The zero-order chi connectivity index (χ0) is 23.3. The summed E-state index contributed by atoms with van der Waals surface area (Å²) in [6.07, 6.45) is 0.00646. The Morgan fingerprint density at radius 1 is 1.00 bits per heavy atom. The molecule has 3 aromatic rings. The van der Waals surface area contributed by atoms with Crippen molar-refractivity contribution in [1.82, 2.24) is 0 Å². The van der Waals surface area contributed by atoms with E-state index in [1.54, 1.807) is 42.5 Å². The highest BCUT2D eigenvalue weighted by atomic mass is 32.2. The van der Waals surface area contributed by atoms with Crippen molar-refractivity contribution in [2.45, 2.75) is 30.6 Å². The van der Waals surface area contributed by atoms with Crippen LogP contribution in [0.5, 0.6) is 0 Å². The number of ether oxygens (including phenoxy) is 1. The van der Waals surface area contributed by atoms with E-state index >= 15 is 0 Å². The van der Waals surface area contributed by atoms with Crippen molar-refractivity contribution in [1.29, 1.82) is 0 Å². The lowest BCUT2D eigenvalue weighted by molar-refractivity contribution is -0.123. The molecule has 2 aromatic carbocycles. The highest BCUT2D eigenvalue weighted by molar-refractivity contribution is 7.90. The van der Waals surface area contributed by atoms with Crippen LogP contribution in [0, 0.1) is 0 Å². The van der Waals surface area contributed by atoms with Crippen molar-refractivity contribution in [2.75, 3.05) is 5.32 Å². The van der Waals surface area contributed by atoms with Crippen molar-refractivity contribution in [3.05, 3.63) is 83.8 Å². The van der Waals surface area contributed by atoms with Crippen LogP contribution in [0.2, 0.25) is 0 Å². The molecule has 9 heteroatoms. The van der Waals surface area contributed by atoms with E-state index in [0.29, 0.717) is 11.3 Å². The van der Waals surface area contributed by atoms with Gasteiger partial charge >= 0.3 is 5.97 Å². The number of nitrogens with one attached hydrogen (secondary N) is 1. The number of ketones is 1. The smallest absolute Gasteiger partial charge is 0.375 e.